The number of aromatic nitrogens is 1. The molecule has 0 radical (unpaired) electrons. The molecule has 4 nitrogen and oxygen atoms in total. The Hall–Kier alpha value is -3.14. The third kappa shape index (κ3) is 4.73. The van der Waals surface area contributed by atoms with Crippen molar-refractivity contribution in [1.82, 2.24) is 4.98 Å². The number of anilines is 2. The molecule has 0 saturated carbocycles. The van der Waals surface area contributed by atoms with E-state index in [-0.39, 0.29) is 5.91 Å². The number of nitrogens with zero attached hydrogens (tertiary/aromatic N) is 2. The zero-order valence-corrected chi connectivity index (χ0v) is 16.1. The summed E-state index contributed by atoms with van der Waals surface area (Å²) >= 11 is 0. The monoisotopic (exact) mass is 359 g/mol. The molecule has 3 aromatic rings. The van der Waals surface area contributed by atoms with Crippen molar-refractivity contribution in [2.45, 2.75) is 27.3 Å². The predicted octanol–water partition coefficient (Wildman–Crippen LogP) is 4.98. The van der Waals surface area contributed by atoms with Crippen LogP contribution in [0.3, 0.4) is 0 Å². The van der Waals surface area contributed by atoms with Crippen molar-refractivity contribution in [1.29, 1.82) is 0 Å². The number of hydrogen-bond donors (Lipinski definition) is 1. The van der Waals surface area contributed by atoms with Gasteiger partial charge < -0.3 is 10.2 Å². The fourth-order valence-corrected chi connectivity index (χ4v) is 3.03. The summed E-state index contributed by atoms with van der Waals surface area (Å²) in [6.45, 7) is 7.39. The molecule has 0 aliphatic rings. The van der Waals surface area contributed by atoms with Gasteiger partial charge in [-0.3, -0.25) is 4.79 Å². The molecule has 0 unspecified atom stereocenters. The second kappa shape index (κ2) is 8.49. The summed E-state index contributed by atoms with van der Waals surface area (Å²) in [4.78, 5) is 19.0. The first-order chi connectivity index (χ1) is 13.1. The zero-order valence-electron chi connectivity index (χ0n) is 16.1. The summed E-state index contributed by atoms with van der Waals surface area (Å²) < 4.78 is 0. The van der Waals surface area contributed by atoms with Crippen LogP contribution < -0.4 is 10.2 Å². The molecule has 1 aromatic heterocycles. The maximum atomic E-state index is 12.9. The van der Waals surface area contributed by atoms with Crippen molar-refractivity contribution in [2.24, 2.45) is 0 Å². The van der Waals surface area contributed by atoms with E-state index in [2.05, 4.69) is 41.5 Å². The molecule has 27 heavy (non-hydrogen) atoms. The summed E-state index contributed by atoms with van der Waals surface area (Å²) in [5, 5.41) is 3.35. The Labute approximate surface area is 160 Å². The topological polar surface area (TPSA) is 45.2 Å². The van der Waals surface area contributed by atoms with E-state index in [9.17, 15) is 4.79 Å². The van der Waals surface area contributed by atoms with Crippen molar-refractivity contribution in [3.63, 3.8) is 0 Å². The lowest BCUT2D eigenvalue weighted by Crippen LogP contribution is -2.31. The number of pyridine rings is 1. The summed E-state index contributed by atoms with van der Waals surface area (Å²) in [5.74, 6) is -0.0895. The predicted molar refractivity (Wildman–Crippen MR) is 111 cm³/mol. The second-order valence-electron chi connectivity index (χ2n) is 6.66. The minimum Gasteiger partial charge on any atom is -0.380 e. The number of hydrogen-bond acceptors (Lipinski definition) is 3. The number of amides is 1. The highest BCUT2D eigenvalue weighted by molar-refractivity contribution is 6.04. The Kier molecular flexibility index (Phi) is 5.87. The molecule has 0 aliphatic heterocycles. The molecule has 0 atom stereocenters. The van der Waals surface area contributed by atoms with Crippen LogP contribution in [0.2, 0.25) is 0 Å². The van der Waals surface area contributed by atoms with Crippen molar-refractivity contribution in [3.8, 4) is 0 Å². The molecule has 0 fully saturated rings. The first-order valence-corrected chi connectivity index (χ1v) is 9.21. The molecule has 1 N–H and O–H groups in total. The van der Waals surface area contributed by atoms with Crippen LogP contribution in [0.25, 0.3) is 0 Å². The Bertz CT molecular complexity index is 919. The lowest BCUT2D eigenvalue weighted by atomic mass is 10.1. The van der Waals surface area contributed by atoms with Gasteiger partial charge in [-0.05, 0) is 56.2 Å². The minimum atomic E-state index is -0.0895. The van der Waals surface area contributed by atoms with Crippen LogP contribution >= 0.6 is 0 Å². The fourth-order valence-electron chi connectivity index (χ4n) is 3.03. The van der Waals surface area contributed by atoms with Crippen LogP contribution in [0.5, 0.6) is 0 Å². The van der Waals surface area contributed by atoms with Gasteiger partial charge in [0.15, 0.2) is 0 Å². The lowest BCUT2D eigenvalue weighted by Gasteiger charge is -2.21. The quantitative estimate of drug-likeness (QED) is 0.675. The summed E-state index contributed by atoms with van der Waals surface area (Å²) in [7, 11) is 0. The molecule has 0 spiro atoms. The molecular formula is C23H25N3O. The Morgan fingerprint density at radius 1 is 1.00 bits per heavy atom. The molecule has 0 aliphatic carbocycles. The van der Waals surface area contributed by atoms with Crippen LogP contribution in [0, 0.1) is 13.8 Å². The molecule has 0 saturated heterocycles. The van der Waals surface area contributed by atoms with Crippen LogP contribution in [-0.2, 0) is 6.54 Å². The van der Waals surface area contributed by atoms with Crippen molar-refractivity contribution in [3.05, 3.63) is 89.2 Å². The standard InChI is InChI=1S/C23H25N3O/c1-4-26(21-10-6-8-18(3)14-21)23(27)22-12-11-20(16-25-22)24-15-19-9-5-7-17(2)13-19/h5-14,16,24H,4,15H2,1-3H3. The van der Waals surface area contributed by atoms with Gasteiger partial charge in [0, 0.05) is 18.8 Å². The Morgan fingerprint density at radius 2 is 1.74 bits per heavy atom. The number of benzene rings is 2. The largest absolute Gasteiger partial charge is 0.380 e. The van der Waals surface area contributed by atoms with Gasteiger partial charge in [-0.25, -0.2) is 4.98 Å². The van der Waals surface area contributed by atoms with Gasteiger partial charge in [0.1, 0.15) is 5.69 Å². The highest BCUT2D eigenvalue weighted by Crippen LogP contribution is 2.19. The third-order valence-corrected chi connectivity index (χ3v) is 4.44. The van der Waals surface area contributed by atoms with Crippen molar-refractivity contribution in [2.75, 3.05) is 16.8 Å². The van der Waals surface area contributed by atoms with Crippen molar-refractivity contribution >= 4 is 17.3 Å². The summed E-state index contributed by atoms with van der Waals surface area (Å²) in [6.07, 6.45) is 1.72. The lowest BCUT2D eigenvalue weighted by molar-refractivity contribution is 0.0983. The van der Waals surface area contributed by atoms with E-state index >= 15 is 0 Å². The number of aryl methyl sites for hydroxylation is 2. The van der Waals surface area contributed by atoms with Gasteiger partial charge in [-0.1, -0.05) is 42.0 Å². The number of rotatable bonds is 6. The molecule has 138 valence electrons. The highest BCUT2D eigenvalue weighted by atomic mass is 16.2. The smallest absolute Gasteiger partial charge is 0.276 e. The number of carbonyl (C=O) groups is 1. The van der Waals surface area contributed by atoms with Gasteiger partial charge in [0.05, 0.1) is 11.9 Å². The van der Waals surface area contributed by atoms with Crippen molar-refractivity contribution < 1.29 is 4.79 Å². The summed E-state index contributed by atoms with van der Waals surface area (Å²) in [5.41, 5.74) is 5.82. The molecular weight excluding hydrogens is 334 g/mol. The van der Waals surface area contributed by atoms with Gasteiger partial charge in [0.2, 0.25) is 0 Å². The highest BCUT2D eigenvalue weighted by Gasteiger charge is 2.17. The maximum absolute atomic E-state index is 12.9. The van der Waals surface area contributed by atoms with E-state index in [0.717, 1.165) is 23.5 Å². The minimum absolute atomic E-state index is 0.0895. The van der Waals surface area contributed by atoms with E-state index < -0.39 is 0 Å². The first-order valence-electron chi connectivity index (χ1n) is 9.21. The molecule has 0 bridgehead atoms. The Balaban J connectivity index is 1.69. The van der Waals surface area contributed by atoms with Crippen LogP contribution in [0.15, 0.2) is 66.9 Å². The number of nitrogens with one attached hydrogen (secondary N) is 1. The average molecular weight is 359 g/mol. The fraction of sp³-hybridized carbons (Fsp3) is 0.217. The average Bonchev–Trinajstić information content (AvgIpc) is 2.67. The second-order valence-corrected chi connectivity index (χ2v) is 6.66. The van der Waals surface area contributed by atoms with E-state index in [0.29, 0.717) is 12.2 Å². The van der Waals surface area contributed by atoms with E-state index in [1.807, 2.05) is 44.2 Å². The molecule has 3 rings (SSSR count). The maximum Gasteiger partial charge on any atom is 0.276 e. The third-order valence-electron chi connectivity index (χ3n) is 4.44. The van der Waals surface area contributed by atoms with E-state index in [1.54, 1.807) is 17.2 Å². The van der Waals surface area contributed by atoms with Gasteiger partial charge in [-0.2, -0.15) is 0 Å². The van der Waals surface area contributed by atoms with Gasteiger partial charge >= 0.3 is 0 Å². The number of carbonyl (C=O) groups excluding carboxylic acids is 1. The normalized spacial score (nSPS) is 10.5. The van der Waals surface area contributed by atoms with E-state index in [4.69, 9.17) is 0 Å². The molecule has 4 heteroatoms. The van der Waals surface area contributed by atoms with Crippen LogP contribution in [-0.4, -0.2) is 17.4 Å². The van der Waals surface area contributed by atoms with E-state index in [1.165, 1.54) is 11.1 Å². The van der Waals surface area contributed by atoms with Gasteiger partial charge in [-0.15, -0.1) is 0 Å². The van der Waals surface area contributed by atoms with Crippen LogP contribution in [0.1, 0.15) is 34.1 Å². The molecule has 1 heterocycles. The SMILES string of the molecule is CCN(C(=O)c1ccc(NCc2cccc(C)c2)cn1)c1cccc(C)c1. The van der Waals surface area contributed by atoms with Gasteiger partial charge in [0.25, 0.3) is 5.91 Å². The first kappa shape index (κ1) is 18.6. The Morgan fingerprint density at radius 3 is 2.37 bits per heavy atom. The molecule has 2 aromatic carbocycles. The molecule has 1 amide bonds. The zero-order chi connectivity index (χ0) is 19.2. The summed E-state index contributed by atoms with van der Waals surface area (Å²) in [6, 6.07) is 20.0. The van der Waals surface area contributed by atoms with Crippen LogP contribution in [0.4, 0.5) is 11.4 Å².